The fourth-order valence-electron chi connectivity index (χ4n) is 4.64. The Labute approximate surface area is 183 Å². The summed E-state index contributed by atoms with van der Waals surface area (Å²) in [6.45, 7) is 5.58. The van der Waals surface area contributed by atoms with Crippen LogP contribution in [0, 0.1) is 0 Å². The van der Waals surface area contributed by atoms with E-state index < -0.39 is 0 Å². The summed E-state index contributed by atoms with van der Waals surface area (Å²) < 4.78 is 5.29. The van der Waals surface area contributed by atoms with Crippen LogP contribution in [0.5, 0.6) is 0 Å². The molecule has 0 spiro atoms. The summed E-state index contributed by atoms with van der Waals surface area (Å²) >= 11 is 0. The first-order chi connectivity index (χ1) is 15.2. The maximum absolute atomic E-state index is 13.4. The van der Waals surface area contributed by atoms with Gasteiger partial charge in [-0.3, -0.25) is 9.59 Å². The number of nitrogens with one attached hydrogen (secondary N) is 2. The van der Waals surface area contributed by atoms with Crippen LogP contribution in [0.2, 0.25) is 0 Å². The lowest BCUT2D eigenvalue weighted by atomic mass is 9.82. The van der Waals surface area contributed by atoms with Gasteiger partial charge in [-0.05, 0) is 51.0 Å². The van der Waals surface area contributed by atoms with Crippen LogP contribution >= 0.6 is 0 Å². The maximum Gasteiger partial charge on any atom is 0.196 e. The Morgan fingerprint density at radius 1 is 0.871 bits per heavy atom. The molecule has 2 aromatic carbocycles. The van der Waals surface area contributed by atoms with Crippen LogP contribution in [0.3, 0.4) is 0 Å². The molecule has 0 bridgehead atoms. The molecule has 6 heteroatoms. The minimum Gasteiger partial charge on any atom is -0.384 e. The standard InChI is InChI=1S/C25H29N3O3/c29-24-18-7-2-3-8-19(18)25(30)23-21(27-15-17-16-31-17)10-9-20(22(23)24)26-11-6-14-28-12-4-1-5-13-28/h2-3,7-10,17,26-27H,1,4-6,11-16H2. The lowest BCUT2D eigenvalue weighted by Crippen LogP contribution is -2.31. The van der Waals surface area contributed by atoms with E-state index in [4.69, 9.17) is 4.74 Å². The second-order valence-electron chi connectivity index (χ2n) is 8.63. The van der Waals surface area contributed by atoms with Crippen LogP contribution < -0.4 is 10.6 Å². The predicted molar refractivity (Wildman–Crippen MR) is 121 cm³/mol. The third-order valence-corrected chi connectivity index (χ3v) is 6.41. The van der Waals surface area contributed by atoms with Crippen molar-refractivity contribution in [2.75, 3.05) is 50.0 Å². The zero-order valence-corrected chi connectivity index (χ0v) is 17.8. The molecular formula is C25H29N3O3. The number of fused-ring (bicyclic) bond motifs is 2. The Balaban J connectivity index is 1.38. The largest absolute Gasteiger partial charge is 0.384 e. The highest BCUT2D eigenvalue weighted by atomic mass is 16.6. The van der Waals surface area contributed by atoms with E-state index in [9.17, 15) is 9.59 Å². The third-order valence-electron chi connectivity index (χ3n) is 6.41. The Bertz CT molecular complexity index is 994. The topological polar surface area (TPSA) is 74.0 Å². The van der Waals surface area contributed by atoms with Gasteiger partial charge in [-0.25, -0.2) is 0 Å². The molecule has 2 aromatic rings. The Morgan fingerprint density at radius 2 is 1.48 bits per heavy atom. The summed E-state index contributed by atoms with van der Waals surface area (Å²) in [6.07, 6.45) is 5.11. The Hall–Kier alpha value is -2.70. The number of epoxide rings is 1. The highest BCUT2D eigenvalue weighted by Gasteiger charge is 2.34. The van der Waals surface area contributed by atoms with Crippen molar-refractivity contribution in [1.29, 1.82) is 0 Å². The van der Waals surface area contributed by atoms with Gasteiger partial charge in [-0.1, -0.05) is 30.7 Å². The normalized spacial score (nSPS) is 20.2. The summed E-state index contributed by atoms with van der Waals surface area (Å²) in [5.74, 6) is -0.184. The number of likely N-dealkylation sites (tertiary alicyclic amines) is 1. The lowest BCUT2D eigenvalue weighted by Gasteiger charge is -2.27. The van der Waals surface area contributed by atoms with Crippen LogP contribution in [-0.4, -0.2) is 61.9 Å². The number of anilines is 2. The molecule has 2 heterocycles. The SMILES string of the molecule is O=C1c2ccccc2C(=O)c2c(NCC3CO3)ccc(NCCCN3CCCCC3)c21. The van der Waals surface area contributed by atoms with Crippen molar-refractivity contribution in [3.05, 3.63) is 58.7 Å². The molecule has 0 radical (unpaired) electrons. The van der Waals surface area contributed by atoms with E-state index in [-0.39, 0.29) is 17.7 Å². The van der Waals surface area contributed by atoms with Gasteiger partial charge in [0.05, 0.1) is 23.8 Å². The number of ketones is 2. The molecule has 162 valence electrons. The first kappa shape index (κ1) is 20.2. The van der Waals surface area contributed by atoms with Crippen molar-refractivity contribution in [1.82, 2.24) is 4.90 Å². The van der Waals surface area contributed by atoms with Crippen molar-refractivity contribution in [3.8, 4) is 0 Å². The van der Waals surface area contributed by atoms with Crippen molar-refractivity contribution in [2.45, 2.75) is 31.8 Å². The van der Waals surface area contributed by atoms with Crippen LogP contribution in [0.25, 0.3) is 0 Å². The molecule has 5 rings (SSSR count). The molecule has 0 aromatic heterocycles. The average molecular weight is 420 g/mol. The second-order valence-corrected chi connectivity index (χ2v) is 8.63. The summed E-state index contributed by atoms with van der Waals surface area (Å²) in [5.41, 5.74) is 3.38. The Kier molecular flexibility index (Phi) is 5.74. The van der Waals surface area contributed by atoms with Gasteiger partial charge in [0.15, 0.2) is 11.6 Å². The van der Waals surface area contributed by atoms with Gasteiger partial charge in [-0.15, -0.1) is 0 Å². The smallest absolute Gasteiger partial charge is 0.196 e. The van der Waals surface area contributed by atoms with Crippen molar-refractivity contribution >= 4 is 22.9 Å². The van der Waals surface area contributed by atoms with Crippen LogP contribution in [-0.2, 0) is 4.74 Å². The minimum atomic E-state index is -0.0959. The molecule has 0 amide bonds. The maximum atomic E-state index is 13.4. The van der Waals surface area contributed by atoms with Gasteiger partial charge in [0.25, 0.3) is 0 Å². The molecule has 1 unspecified atom stereocenters. The van der Waals surface area contributed by atoms with E-state index in [2.05, 4.69) is 15.5 Å². The van der Waals surface area contributed by atoms with E-state index in [0.717, 1.165) is 31.8 Å². The van der Waals surface area contributed by atoms with Crippen molar-refractivity contribution < 1.29 is 14.3 Å². The molecular weight excluding hydrogens is 390 g/mol. The minimum absolute atomic E-state index is 0.0879. The van der Waals surface area contributed by atoms with Gasteiger partial charge in [0, 0.05) is 35.6 Å². The van der Waals surface area contributed by atoms with E-state index in [1.54, 1.807) is 12.1 Å². The zero-order valence-electron chi connectivity index (χ0n) is 17.8. The van der Waals surface area contributed by atoms with Gasteiger partial charge in [-0.2, -0.15) is 0 Å². The second kappa shape index (κ2) is 8.81. The summed E-state index contributed by atoms with van der Waals surface area (Å²) in [5, 5.41) is 6.77. The van der Waals surface area contributed by atoms with E-state index in [1.165, 1.54) is 32.4 Å². The highest BCUT2D eigenvalue weighted by molar-refractivity contribution is 6.31. The highest BCUT2D eigenvalue weighted by Crippen LogP contribution is 2.36. The molecule has 3 aliphatic rings. The van der Waals surface area contributed by atoms with E-state index in [0.29, 0.717) is 34.5 Å². The fourth-order valence-corrected chi connectivity index (χ4v) is 4.64. The number of piperidine rings is 1. The molecule has 2 N–H and O–H groups in total. The third kappa shape index (κ3) is 4.23. The fraction of sp³-hybridized carbons (Fsp3) is 0.440. The number of nitrogens with zero attached hydrogens (tertiary/aromatic N) is 1. The molecule has 2 aliphatic heterocycles. The monoisotopic (exact) mass is 419 g/mol. The van der Waals surface area contributed by atoms with Gasteiger partial charge in [0.2, 0.25) is 0 Å². The van der Waals surface area contributed by atoms with Gasteiger partial charge < -0.3 is 20.3 Å². The Morgan fingerprint density at radius 3 is 2.10 bits per heavy atom. The summed E-state index contributed by atoms with van der Waals surface area (Å²) in [6, 6.07) is 10.9. The molecule has 0 saturated carbocycles. The van der Waals surface area contributed by atoms with E-state index >= 15 is 0 Å². The average Bonchev–Trinajstić information content (AvgIpc) is 3.64. The van der Waals surface area contributed by atoms with Crippen molar-refractivity contribution in [3.63, 3.8) is 0 Å². The van der Waals surface area contributed by atoms with Crippen LogP contribution in [0.4, 0.5) is 11.4 Å². The van der Waals surface area contributed by atoms with Crippen molar-refractivity contribution in [2.24, 2.45) is 0 Å². The molecule has 2 fully saturated rings. The number of rotatable bonds is 8. The summed E-state index contributed by atoms with van der Waals surface area (Å²) in [4.78, 5) is 29.3. The molecule has 2 saturated heterocycles. The molecule has 1 aliphatic carbocycles. The molecule has 31 heavy (non-hydrogen) atoms. The molecule has 1 atom stereocenters. The zero-order chi connectivity index (χ0) is 21.2. The van der Waals surface area contributed by atoms with Crippen LogP contribution in [0.15, 0.2) is 36.4 Å². The number of carbonyl (C=O) groups is 2. The van der Waals surface area contributed by atoms with Crippen LogP contribution in [0.1, 0.15) is 57.5 Å². The first-order valence-corrected chi connectivity index (χ1v) is 11.4. The number of hydrogen-bond acceptors (Lipinski definition) is 6. The number of benzene rings is 2. The van der Waals surface area contributed by atoms with Gasteiger partial charge >= 0.3 is 0 Å². The molecule has 6 nitrogen and oxygen atoms in total. The summed E-state index contributed by atoms with van der Waals surface area (Å²) in [7, 11) is 0. The lowest BCUT2D eigenvalue weighted by molar-refractivity contribution is 0.0980. The quantitative estimate of drug-likeness (QED) is 0.430. The number of hydrogen-bond donors (Lipinski definition) is 2. The van der Waals surface area contributed by atoms with Gasteiger partial charge in [0.1, 0.15) is 0 Å². The number of ether oxygens (including phenoxy) is 1. The predicted octanol–water partition coefficient (Wildman–Crippen LogP) is 3.56. The van der Waals surface area contributed by atoms with E-state index in [1.807, 2.05) is 24.3 Å². The number of carbonyl (C=O) groups excluding carboxylic acids is 2. The first-order valence-electron chi connectivity index (χ1n) is 11.4.